The Labute approximate surface area is 107 Å². The van der Waals surface area contributed by atoms with Gasteiger partial charge in [0.15, 0.2) is 0 Å². The molecule has 102 valence electrons. The monoisotopic (exact) mass is 257 g/mol. The second kappa shape index (κ2) is 6.69. The molecule has 4 heteroatoms. The van der Waals surface area contributed by atoms with Crippen molar-refractivity contribution in [3.63, 3.8) is 0 Å². The number of halogens is 2. The minimum atomic E-state index is -2.44. The first-order valence-electron chi connectivity index (χ1n) is 6.28. The van der Waals surface area contributed by atoms with Gasteiger partial charge < -0.3 is 10.1 Å². The van der Waals surface area contributed by atoms with Crippen molar-refractivity contribution in [2.24, 2.45) is 0 Å². The Morgan fingerprint density at radius 3 is 2.22 bits per heavy atom. The van der Waals surface area contributed by atoms with Crippen molar-refractivity contribution in [3.8, 4) is 5.75 Å². The van der Waals surface area contributed by atoms with E-state index in [1.165, 1.54) is 0 Å². The summed E-state index contributed by atoms with van der Waals surface area (Å²) >= 11 is 0. The standard InChI is InChI=1S/C14H21F2NO/c1-4-10-17-14(5-2,13(15)16)11-6-8-12(18-3)9-7-11/h6-9,13,17H,4-5,10H2,1-3H3. The topological polar surface area (TPSA) is 21.3 Å². The Morgan fingerprint density at radius 2 is 1.83 bits per heavy atom. The maximum atomic E-state index is 13.5. The van der Waals surface area contributed by atoms with Crippen LogP contribution in [0.3, 0.4) is 0 Å². The lowest BCUT2D eigenvalue weighted by Gasteiger charge is -2.34. The molecular formula is C14H21F2NO. The number of rotatable bonds is 7. The molecule has 0 aliphatic carbocycles. The molecule has 0 saturated carbocycles. The van der Waals surface area contributed by atoms with Gasteiger partial charge in [-0.2, -0.15) is 0 Å². The van der Waals surface area contributed by atoms with Crippen LogP contribution < -0.4 is 10.1 Å². The molecule has 2 nitrogen and oxygen atoms in total. The highest BCUT2D eigenvalue weighted by Gasteiger charge is 2.39. The molecule has 0 aliphatic heterocycles. The number of hydrogen-bond acceptors (Lipinski definition) is 2. The zero-order valence-corrected chi connectivity index (χ0v) is 11.2. The summed E-state index contributed by atoms with van der Waals surface area (Å²) in [5.41, 5.74) is -0.656. The molecule has 0 amide bonds. The van der Waals surface area contributed by atoms with E-state index in [1.54, 1.807) is 38.3 Å². The molecule has 0 bridgehead atoms. The van der Waals surface area contributed by atoms with Gasteiger partial charge in [0.2, 0.25) is 0 Å². The first-order chi connectivity index (χ1) is 8.60. The Kier molecular flexibility index (Phi) is 5.54. The van der Waals surface area contributed by atoms with Crippen LogP contribution in [-0.2, 0) is 5.54 Å². The third-order valence-electron chi connectivity index (χ3n) is 3.23. The molecular weight excluding hydrogens is 236 g/mol. The van der Waals surface area contributed by atoms with E-state index in [0.717, 1.165) is 6.42 Å². The zero-order valence-electron chi connectivity index (χ0n) is 11.2. The highest BCUT2D eigenvalue weighted by molar-refractivity contribution is 5.32. The first kappa shape index (κ1) is 14.9. The first-order valence-corrected chi connectivity index (χ1v) is 6.28. The number of alkyl halides is 2. The van der Waals surface area contributed by atoms with Crippen molar-refractivity contribution >= 4 is 0 Å². The molecule has 0 aliphatic rings. The van der Waals surface area contributed by atoms with Gasteiger partial charge in [0.05, 0.1) is 7.11 Å². The minimum Gasteiger partial charge on any atom is -0.497 e. The number of hydrogen-bond donors (Lipinski definition) is 1. The van der Waals surface area contributed by atoms with Gasteiger partial charge in [0, 0.05) is 0 Å². The van der Waals surface area contributed by atoms with E-state index in [1.807, 2.05) is 6.92 Å². The normalized spacial score (nSPS) is 14.6. The molecule has 0 saturated heterocycles. The SMILES string of the molecule is CCCNC(CC)(c1ccc(OC)cc1)C(F)F. The van der Waals surface area contributed by atoms with Crippen LogP contribution in [0.25, 0.3) is 0 Å². The second-order valence-corrected chi connectivity index (χ2v) is 4.28. The Bertz CT molecular complexity index is 353. The molecule has 0 spiro atoms. The fraction of sp³-hybridized carbons (Fsp3) is 0.571. The van der Waals surface area contributed by atoms with Crippen LogP contribution in [0.1, 0.15) is 32.3 Å². The summed E-state index contributed by atoms with van der Waals surface area (Å²) in [6.07, 6.45) is -1.27. The van der Waals surface area contributed by atoms with Gasteiger partial charge in [-0.05, 0) is 37.1 Å². The average molecular weight is 257 g/mol. The summed E-state index contributed by atoms with van der Waals surface area (Å²) in [5, 5.41) is 2.99. The maximum absolute atomic E-state index is 13.5. The molecule has 0 radical (unpaired) electrons. The van der Waals surface area contributed by atoms with Crippen molar-refractivity contribution in [2.75, 3.05) is 13.7 Å². The van der Waals surface area contributed by atoms with Crippen LogP contribution >= 0.6 is 0 Å². The maximum Gasteiger partial charge on any atom is 0.260 e. The molecule has 1 atom stereocenters. The van der Waals surface area contributed by atoms with Crippen LogP contribution in [0.15, 0.2) is 24.3 Å². The van der Waals surface area contributed by atoms with E-state index in [0.29, 0.717) is 24.3 Å². The number of methoxy groups -OCH3 is 1. The molecule has 18 heavy (non-hydrogen) atoms. The summed E-state index contributed by atoms with van der Waals surface area (Å²) in [4.78, 5) is 0. The van der Waals surface area contributed by atoms with E-state index in [4.69, 9.17) is 4.74 Å². The summed E-state index contributed by atoms with van der Waals surface area (Å²) in [5.74, 6) is 0.675. The van der Waals surface area contributed by atoms with E-state index < -0.39 is 12.0 Å². The van der Waals surface area contributed by atoms with Gasteiger partial charge in [-0.25, -0.2) is 8.78 Å². The molecule has 1 aromatic carbocycles. The molecule has 0 heterocycles. The fourth-order valence-corrected chi connectivity index (χ4v) is 2.03. The van der Waals surface area contributed by atoms with Crippen LogP contribution in [0, 0.1) is 0 Å². The van der Waals surface area contributed by atoms with E-state index in [2.05, 4.69) is 5.32 Å². The summed E-state index contributed by atoms with van der Waals surface area (Å²) in [6, 6.07) is 6.85. The van der Waals surface area contributed by atoms with E-state index in [-0.39, 0.29) is 0 Å². The van der Waals surface area contributed by atoms with Gasteiger partial charge in [0.25, 0.3) is 6.43 Å². The lowest BCUT2D eigenvalue weighted by atomic mass is 9.87. The third kappa shape index (κ3) is 2.99. The molecule has 1 aromatic rings. The van der Waals surface area contributed by atoms with Gasteiger partial charge in [-0.15, -0.1) is 0 Å². The quantitative estimate of drug-likeness (QED) is 0.806. The minimum absolute atomic E-state index is 0.344. The highest BCUT2D eigenvalue weighted by atomic mass is 19.3. The van der Waals surface area contributed by atoms with Crippen LogP contribution in [-0.4, -0.2) is 20.1 Å². The van der Waals surface area contributed by atoms with Crippen LogP contribution in [0.2, 0.25) is 0 Å². The van der Waals surface area contributed by atoms with Crippen molar-refractivity contribution in [3.05, 3.63) is 29.8 Å². The van der Waals surface area contributed by atoms with Crippen LogP contribution in [0.4, 0.5) is 8.78 Å². The summed E-state index contributed by atoms with van der Waals surface area (Å²) in [7, 11) is 1.56. The smallest absolute Gasteiger partial charge is 0.260 e. The second-order valence-electron chi connectivity index (χ2n) is 4.28. The van der Waals surface area contributed by atoms with Gasteiger partial charge in [-0.1, -0.05) is 26.0 Å². The van der Waals surface area contributed by atoms with E-state index in [9.17, 15) is 8.78 Å². The molecule has 0 aromatic heterocycles. The van der Waals surface area contributed by atoms with Crippen molar-refractivity contribution < 1.29 is 13.5 Å². The molecule has 0 fully saturated rings. The number of nitrogens with one attached hydrogen (secondary N) is 1. The highest BCUT2D eigenvalue weighted by Crippen LogP contribution is 2.32. The Hall–Kier alpha value is -1.16. The van der Waals surface area contributed by atoms with E-state index >= 15 is 0 Å². The average Bonchev–Trinajstić information content (AvgIpc) is 2.40. The number of ether oxygens (including phenoxy) is 1. The zero-order chi connectivity index (χ0) is 13.6. The Balaban J connectivity index is 3.06. The molecule has 1 N–H and O–H groups in total. The predicted octanol–water partition coefficient (Wildman–Crippen LogP) is 3.57. The van der Waals surface area contributed by atoms with Gasteiger partial charge in [-0.3, -0.25) is 0 Å². The molecule has 1 rings (SSSR count). The van der Waals surface area contributed by atoms with Gasteiger partial charge in [0.1, 0.15) is 11.3 Å². The Morgan fingerprint density at radius 1 is 1.22 bits per heavy atom. The predicted molar refractivity (Wildman–Crippen MR) is 69.3 cm³/mol. The number of benzene rings is 1. The summed E-state index contributed by atoms with van der Waals surface area (Å²) < 4.78 is 32.0. The van der Waals surface area contributed by atoms with Gasteiger partial charge >= 0.3 is 0 Å². The lowest BCUT2D eigenvalue weighted by molar-refractivity contribution is 0.0244. The van der Waals surface area contributed by atoms with Crippen molar-refractivity contribution in [1.82, 2.24) is 5.32 Å². The van der Waals surface area contributed by atoms with Crippen molar-refractivity contribution in [1.29, 1.82) is 0 Å². The largest absolute Gasteiger partial charge is 0.497 e. The van der Waals surface area contributed by atoms with Crippen LogP contribution in [0.5, 0.6) is 5.75 Å². The fourth-order valence-electron chi connectivity index (χ4n) is 2.03. The molecule has 1 unspecified atom stereocenters. The van der Waals surface area contributed by atoms with Crippen molar-refractivity contribution in [2.45, 2.75) is 38.7 Å². The summed E-state index contributed by atoms with van der Waals surface area (Å²) in [6.45, 7) is 4.32. The lowest BCUT2D eigenvalue weighted by Crippen LogP contribution is -2.48. The third-order valence-corrected chi connectivity index (χ3v) is 3.23.